The summed E-state index contributed by atoms with van der Waals surface area (Å²) < 4.78 is 0. The first-order valence-corrected chi connectivity index (χ1v) is 10.8. The number of thioether (sulfide) groups is 1. The van der Waals surface area contributed by atoms with Gasteiger partial charge in [0, 0.05) is 40.0 Å². The molecule has 0 heterocycles. The lowest BCUT2D eigenvalue weighted by Crippen LogP contribution is -2.09. The van der Waals surface area contributed by atoms with E-state index < -0.39 is 0 Å². The van der Waals surface area contributed by atoms with Crippen molar-refractivity contribution >= 4 is 33.9 Å². The standard InChI is InChI=1S/C28H21NOS/c1-22(30)31-28-20-16-24(17-21-28)13-12-23-14-18-27(19-15-23)29(25-8-4-2-5-9-25)26-10-6-3-7-11-26/h2-11,14-21H,1H3. The normalized spacial score (nSPS) is 10.1. The molecule has 0 aliphatic heterocycles. The zero-order valence-electron chi connectivity index (χ0n) is 17.2. The van der Waals surface area contributed by atoms with Crippen molar-refractivity contribution in [1.82, 2.24) is 0 Å². The average Bonchev–Trinajstić information content (AvgIpc) is 2.81. The van der Waals surface area contributed by atoms with Crippen LogP contribution in [-0.2, 0) is 4.79 Å². The van der Waals surface area contributed by atoms with E-state index in [1.165, 1.54) is 11.8 Å². The molecule has 0 bridgehead atoms. The Hall–Kier alpha value is -3.74. The predicted molar refractivity (Wildman–Crippen MR) is 130 cm³/mol. The quantitative estimate of drug-likeness (QED) is 0.258. The monoisotopic (exact) mass is 419 g/mol. The maximum Gasteiger partial charge on any atom is 0.190 e. The number of anilines is 3. The molecule has 31 heavy (non-hydrogen) atoms. The van der Waals surface area contributed by atoms with E-state index >= 15 is 0 Å². The van der Waals surface area contributed by atoms with Crippen molar-refractivity contribution in [2.75, 3.05) is 4.90 Å². The maximum atomic E-state index is 11.2. The maximum absolute atomic E-state index is 11.2. The van der Waals surface area contributed by atoms with Gasteiger partial charge in [-0.15, -0.1) is 0 Å². The minimum absolute atomic E-state index is 0.0824. The molecule has 0 aliphatic rings. The van der Waals surface area contributed by atoms with E-state index in [1.807, 2.05) is 72.8 Å². The van der Waals surface area contributed by atoms with Crippen molar-refractivity contribution < 1.29 is 4.79 Å². The lowest BCUT2D eigenvalue weighted by Gasteiger charge is -2.25. The van der Waals surface area contributed by atoms with Gasteiger partial charge in [-0.25, -0.2) is 0 Å². The van der Waals surface area contributed by atoms with E-state index in [2.05, 4.69) is 53.1 Å². The Morgan fingerprint density at radius 1 is 0.613 bits per heavy atom. The van der Waals surface area contributed by atoms with Gasteiger partial charge < -0.3 is 4.90 Å². The van der Waals surface area contributed by atoms with Gasteiger partial charge in [0.2, 0.25) is 0 Å². The van der Waals surface area contributed by atoms with Crippen LogP contribution in [0.5, 0.6) is 0 Å². The fourth-order valence-corrected chi connectivity index (χ4v) is 3.82. The molecule has 0 unspecified atom stereocenters. The first kappa shape index (κ1) is 20.5. The molecule has 0 spiro atoms. The minimum atomic E-state index is 0.0824. The molecule has 0 fully saturated rings. The largest absolute Gasteiger partial charge is 0.311 e. The summed E-state index contributed by atoms with van der Waals surface area (Å²) in [7, 11) is 0. The van der Waals surface area contributed by atoms with Crippen LogP contribution in [0.15, 0.2) is 114 Å². The second kappa shape index (κ2) is 9.84. The Bertz CT molecular complexity index is 1170. The van der Waals surface area contributed by atoms with Crippen molar-refractivity contribution in [2.24, 2.45) is 0 Å². The summed E-state index contributed by atoms with van der Waals surface area (Å²) in [6.07, 6.45) is 0. The summed E-state index contributed by atoms with van der Waals surface area (Å²) in [4.78, 5) is 14.4. The van der Waals surface area contributed by atoms with Gasteiger partial charge in [0.1, 0.15) is 0 Å². The summed E-state index contributed by atoms with van der Waals surface area (Å²) in [6.45, 7) is 1.57. The van der Waals surface area contributed by atoms with Gasteiger partial charge in [0.25, 0.3) is 0 Å². The summed E-state index contributed by atoms with van der Waals surface area (Å²) in [5.41, 5.74) is 5.17. The number of benzene rings is 4. The molecule has 3 heteroatoms. The van der Waals surface area contributed by atoms with Crippen LogP contribution >= 0.6 is 11.8 Å². The third kappa shape index (κ3) is 5.45. The number of nitrogens with zero attached hydrogens (tertiary/aromatic N) is 1. The second-order valence-electron chi connectivity index (χ2n) is 6.92. The van der Waals surface area contributed by atoms with E-state index in [4.69, 9.17) is 0 Å². The first-order valence-electron chi connectivity index (χ1n) is 10.00. The van der Waals surface area contributed by atoms with Gasteiger partial charge in [-0.05, 0) is 72.8 Å². The lowest BCUT2D eigenvalue weighted by atomic mass is 10.1. The van der Waals surface area contributed by atoms with Crippen molar-refractivity contribution in [3.05, 3.63) is 120 Å². The van der Waals surface area contributed by atoms with Crippen LogP contribution in [0, 0.1) is 11.8 Å². The van der Waals surface area contributed by atoms with Gasteiger partial charge >= 0.3 is 0 Å². The predicted octanol–water partition coefficient (Wildman–Crippen LogP) is 7.19. The van der Waals surface area contributed by atoms with E-state index in [-0.39, 0.29) is 5.12 Å². The summed E-state index contributed by atoms with van der Waals surface area (Å²) in [5.74, 6) is 6.42. The SMILES string of the molecule is CC(=O)Sc1ccc(C#Cc2ccc(N(c3ccccc3)c3ccccc3)cc2)cc1. The van der Waals surface area contributed by atoms with E-state index in [1.54, 1.807) is 6.92 Å². The van der Waals surface area contributed by atoms with Gasteiger partial charge in [-0.2, -0.15) is 0 Å². The van der Waals surface area contributed by atoms with Gasteiger partial charge in [0.05, 0.1) is 0 Å². The van der Waals surface area contributed by atoms with Crippen molar-refractivity contribution in [3.63, 3.8) is 0 Å². The zero-order chi connectivity index (χ0) is 21.5. The van der Waals surface area contributed by atoms with Gasteiger partial charge in [-0.1, -0.05) is 60.0 Å². The molecular weight excluding hydrogens is 398 g/mol. The Kier molecular flexibility index (Phi) is 6.52. The molecule has 150 valence electrons. The summed E-state index contributed by atoms with van der Waals surface area (Å²) in [5, 5.41) is 0.0824. The van der Waals surface area contributed by atoms with Crippen LogP contribution in [0.25, 0.3) is 0 Å². The first-order chi connectivity index (χ1) is 15.2. The molecule has 0 radical (unpaired) electrons. The number of hydrogen-bond acceptors (Lipinski definition) is 3. The summed E-state index contributed by atoms with van der Waals surface area (Å²) in [6, 6.07) is 36.7. The lowest BCUT2D eigenvalue weighted by molar-refractivity contribution is -0.109. The molecular formula is C28H21NOS. The summed E-state index contributed by atoms with van der Waals surface area (Å²) >= 11 is 1.23. The van der Waals surface area contributed by atoms with E-state index in [9.17, 15) is 4.79 Å². The third-order valence-corrected chi connectivity index (χ3v) is 5.42. The van der Waals surface area contributed by atoms with Crippen LogP contribution in [0.4, 0.5) is 17.1 Å². The molecule has 0 aromatic heterocycles. The van der Waals surface area contributed by atoms with Crippen LogP contribution in [0.3, 0.4) is 0 Å². The van der Waals surface area contributed by atoms with Gasteiger partial charge in [-0.3, -0.25) is 4.79 Å². The van der Waals surface area contributed by atoms with Crippen molar-refractivity contribution in [1.29, 1.82) is 0 Å². The molecule has 4 aromatic rings. The molecule has 0 atom stereocenters. The number of carbonyl (C=O) groups excluding carboxylic acids is 1. The highest BCUT2D eigenvalue weighted by Crippen LogP contribution is 2.33. The fourth-order valence-electron chi connectivity index (χ4n) is 3.21. The van der Waals surface area contributed by atoms with Crippen LogP contribution in [0.2, 0.25) is 0 Å². The van der Waals surface area contributed by atoms with Crippen LogP contribution in [-0.4, -0.2) is 5.12 Å². The van der Waals surface area contributed by atoms with E-state index in [0.29, 0.717) is 0 Å². The molecule has 4 rings (SSSR count). The third-order valence-electron chi connectivity index (χ3n) is 4.62. The smallest absolute Gasteiger partial charge is 0.190 e. The number of hydrogen-bond donors (Lipinski definition) is 0. The highest BCUT2D eigenvalue weighted by atomic mass is 32.2. The van der Waals surface area contributed by atoms with Crippen LogP contribution in [0.1, 0.15) is 18.1 Å². The van der Waals surface area contributed by atoms with Crippen molar-refractivity contribution in [3.8, 4) is 11.8 Å². The average molecular weight is 420 g/mol. The Labute approximate surface area is 187 Å². The molecule has 0 saturated carbocycles. The number of carbonyl (C=O) groups is 1. The zero-order valence-corrected chi connectivity index (χ0v) is 18.0. The molecule has 4 aromatic carbocycles. The van der Waals surface area contributed by atoms with Gasteiger partial charge in [0.15, 0.2) is 5.12 Å². The molecule has 0 N–H and O–H groups in total. The Morgan fingerprint density at radius 3 is 1.48 bits per heavy atom. The Morgan fingerprint density at radius 2 is 1.03 bits per heavy atom. The highest BCUT2D eigenvalue weighted by molar-refractivity contribution is 8.13. The minimum Gasteiger partial charge on any atom is -0.311 e. The second-order valence-corrected chi connectivity index (χ2v) is 8.17. The molecule has 0 amide bonds. The number of para-hydroxylation sites is 2. The molecule has 2 nitrogen and oxygen atoms in total. The Balaban J connectivity index is 1.57. The van der Waals surface area contributed by atoms with Crippen LogP contribution < -0.4 is 4.90 Å². The fraction of sp³-hybridized carbons (Fsp3) is 0.0357. The molecule has 0 aliphatic carbocycles. The molecule has 0 saturated heterocycles. The van der Waals surface area contributed by atoms with E-state index in [0.717, 1.165) is 33.1 Å². The topological polar surface area (TPSA) is 20.3 Å². The number of rotatable bonds is 4. The van der Waals surface area contributed by atoms with Crippen molar-refractivity contribution in [2.45, 2.75) is 11.8 Å². The highest BCUT2D eigenvalue weighted by Gasteiger charge is 2.11.